The van der Waals surface area contributed by atoms with Crippen molar-refractivity contribution in [3.05, 3.63) is 48.3 Å². The van der Waals surface area contributed by atoms with Gasteiger partial charge in [0.2, 0.25) is 0 Å². The van der Waals surface area contributed by atoms with E-state index in [2.05, 4.69) is 28.3 Å². The Hall–Kier alpha value is -1.65. The van der Waals surface area contributed by atoms with Crippen LogP contribution in [0.5, 0.6) is 0 Å². The average Bonchev–Trinajstić information content (AvgIpc) is 2.97. The van der Waals surface area contributed by atoms with Gasteiger partial charge in [0.05, 0.1) is 18.0 Å². The van der Waals surface area contributed by atoms with Crippen LogP contribution in [-0.4, -0.2) is 41.0 Å². The fourth-order valence-electron chi connectivity index (χ4n) is 2.72. The van der Waals surface area contributed by atoms with Crippen LogP contribution in [-0.2, 0) is 11.3 Å². The Morgan fingerprint density at radius 1 is 1.20 bits per heavy atom. The minimum absolute atomic E-state index is 0.443. The second-order valence-electron chi connectivity index (χ2n) is 5.34. The maximum Gasteiger partial charge on any atom is 0.0645 e. The Kier molecular flexibility index (Phi) is 4.14. The number of hydrogen-bond donors (Lipinski definition) is 0. The predicted octanol–water partition coefficient (Wildman–Crippen LogP) is 2.48. The van der Waals surface area contributed by atoms with Crippen LogP contribution in [0.3, 0.4) is 0 Å². The number of rotatable bonds is 4. The summed E-state index contributed by atoms with van der Waals surface area (Å²) >= 11 is 0. The lowest BCUT2D eigenvalue weighted by Gasteiger charge is -2.30. The Balaban J connectivity index is 1.61. The summed E-state index contributed by atoms with van der Waals surface area (Å²) in [5.74, 6) is 0. The highest BCUT2D eigenvalue weighted by Gasteiger charge is 2.18. The summed E-state index contributed by atoms with van der Waals surface area (Å²) in [4.78, 5) is 2.47. The fourth-order valence-corrected chi connectivity index (χ4v) is 2.72. The first kappa shape index (κ1) is 13.3. The molecule has 1 aliphatic rings. The number of likely N-dealkylation sites (tertiary alicyclic amines) is 1. The van der Waals surface area contributed by atoms with Crippen molar-refractivity contribution in [1.29, 1.82) is 0 Å². The average molecular weight is 271 g/mol. The molecule has 0 amide bonds. The topological polar surface area (TPSA) is 30.3 Å². The van der Waals surface area contributed by atoms with Crippen molar-refractivity contribution in [1.82, 2.24) is 14.7 Å². The van der Waals surface area contributed by atoms with Crippen LogP contribution >= 0.6 is 0 Å². The molecule has 20 heavy (non-hydrogen) atoms. The van der Waals surface area contributed by atoms with E-state index in [0.717, 1.165) is 38.2 Å². The first-order valence-electron chi connectivity index (χ1n) is 7.19. The molecule has 1 aromatic heterocycles. The van der Waals surface area contributed by atoms with Gasteiger partial charge in [0.1, 0.15) is 0 Å². The highest BCUT2D eigenvalue weighted by Crippen LogP contribution is 2.16. The predicted molar refractivity (Wildman–Crippen MR) is 78.9 cm³/mol. The van der Waals surface area contributed by atoms with E-state index in [9.17, 15) is 0 Å². The molecule has 0 spiro atoms. The summed E-state index contributed by atoms with van der Waals surface area (Å²) in [6, 6.07) is 10.2. The van der Waals surface area contributed by atoms with E-state index in [1.54, 1.807) is 0 Å². The van der Waals surface area contributed by atoms with Gasteiger partial charge in [0.15, 0.2) is 0 Å². The Morgan fingerprint density at radius 2 is 1.95 bits per heavy atom. The largest absolute Gasteiger partial charge is 0.381 e. The molecule has 0 N–H and O–H groups in total. The van der Waals surface area contributed by atoms with Crippen LogP contribution < -0.4 is 0 Å². The summed E-state index contributed by atoms with van der Waals surface area (Å²) in [6.45, 7) is 3.19. The van der Waals surface area contributed by atoms with E-state index >= 15 is 0 Å². The number of aromatic nitrogens is 2. The number of ether oxygens (including phenoxy) is 1. The zero-order valence-corrected chi connectivity index (χ0v) is 11.9. The molecule has 1 aromatic carbocycles. The first-order valence-corrected chi connectivity index (χ1v) is 7.19. The van der Waals surface area contributed by atoms with Gasteiger partial charge in [-0.15, -0.1) is 0 Å². The number of methoxy groups -OCH3 is 1. The Bertz CT molecular complexity index is 530. The Labute approximate surface area is 120 Å². The number of hydrogen-bond acceptors (Lipinski definition) is 3. The van der Waals surface area contributed by atoms with E-state index in [1.807, 2.05) is 36.2 Å². The summed E-state index contributed by atoms with van der Waals surface area (Å²) in [6.07, 6.45) is 6.79. The van der Waals surface area contributed by atoms with Crippen molar-refractivity contribution < 1.29 is 4.74 Å². The molecule has 0 atom stereocenters. The molecule has 0 aliphatic carbocycles. The van der Waals surface area contributed by atoms with Crippen molar-refractivity contribution in [3.63, 3.8) is 0 Å². The van der Waals surface area contributed by atoms with Crippen LogP contribution in [0.15, 0.2) is 42.7 Å². The SMILES string of the molecule is COC1CCN(Cc2cnn(-c3ccccc3)c2)CC1. The third-order valence-electron chi connectivity index (χ3n) is 3.93. The lowest BCUT2D eigenvalue weighted by atomic mass is 10.1. The molecule has 2 heterocycles. The standard InChI is InChI=1S/C16H21N3O/c1-20-16-7-9-18(10-8-16)12-14-11-17-19(13-14)15-5-3-2-4-6-15/h2-6,11,13,16H,7-10,12H2,1H3. The maximum atomic E-state index is 5.41. The molecule has 106 valence electrons. The molecule has 0 radical (unpaired) electrons. The molecule has 0 unspecified atom stereocenters. The van der Waals surface area contributed by atoms with Crippen LogP contribution in [0.2, 0.25) is 0 Å². The van der Waals surface area contributed by atoms with Gasteiger partial charge >= 0.3 is 0 Å². The minimum atomic E-state index is 0.443. The van der Waals surface area contributed by atoms with Crippen LogP contribution in [0.1, 0.15) is 18.4 Å². The zero-order valence-electron chi connectivity index (χ0n) is 11.9. The summed E-state index contributed by atoms with van der Waals surface area (Å²) < 4.78 is 7.35. The Morgan fingerprint density at radius 3 is 2.65 bits per heavy atom. The second-order valence-corrected chi connectivity index (χ2v) is 5.34. The molecular weight excluding hydrogens is 250 g/mol. The van der Waals surface area contributed by atoms with Crippen LogP contribution in [0, 0.1) is 0 Å². The minimum Gasteiger partial charge on any atom is -0.381 e. The highest BCUT2D eigenvalue weighted by atomic mass is 16.5. The molecule has 2 aromatic rings. The van der Waals surface area contributed by atoms with Gasteiger partial charge in [0, 0.05) is 38.5 Å². The third-order valence-corrected chi connectivity index (χ3v) is 3.93. The summed E-state index contributed by atoms with van der Waals surface area (Å²) in [5, 5.41) is 4.45. The number of nitrogens with zero attached hydrogens (tertiary/aromatic N) is 3. The lowest BCUT2D eigenvalue weighted by molar-refractivity contribution is 0.0388. The normalized spacial score (nSPS) is 17.4. The van der Waals surface area contributed by atoms with Crippen LogP contribution in [0.25, 0.3) is 5.69 Å². The molecule has 1 aliphatic heterocycles. The lowest BCUT2D eigenvalue weighted by Crippen LogP contribution is -2.36. The van der Waals surface area contributed by atoms with E-state index < -0.39 is 0 Å². The van der Waals surface area contributed by atoms with Crippen molar-refractivity contribution >= 4 is 0 Å². The van der Waals surface area contributed by atoms with Gasteiger partial charge in [-0.3, -0.25) is 4.90 Å². The van der Waals surface area contributed by atoms with Crippen molar-refractivity contribution in [2.45, 2.75) is 25.5 Å². The highest BCUT2D eigenvalue weighted by molar-refractivity contribution is 5.30. The fraction of sp³-hybridized carbons (Fsp3) is 0.438. The number of benzene rings is 1. The number of para-hydroxylation sites is 1. The quantitative estimate of drug-likeness (QED) is 0.856. The smallest absolute Gasteiger partial charge is 0.0645 e. The van der Waals surface area contributed by atoms with Gasteiger partial charge in [-0.2, -0.15) is 5.10 Å². The molecular formula is C16H21N3O. The van der Waals surface area contributed by atoms with Gasteiger partial charge < -0.3 is 4.74 Å². The van der Waals surface area contributed by atoms with Gasteiger partial charge in [-0.1, -0.05) is 18.2 Å². The van der Waals surface area contributed by atoms with E-state index in [1.165, 1.54) is 5.56 Å². The van der Waals surface area contributed by atoms with Crippen LogP contribution in [0.4, 0.5) is 0 Å². The van der Waals surface area contributed by atoms with Crippen molar-refractivity contribution in [3.8, 4) is 5.69 Å². The molecule has 4 nitrogen and oxygen atoms in total. The summed E-state index contributed by atoms with van der Waals surface area (Å²) in [7, 11) is 1.81. The molecule has 0 bridgehead atoms. The molecule has 1 saturated heterocycles. The molecule has 3 rings (SSSR count). The van der Waals surface area contributed by atoms with E-state index in [0.29, 0.717) is 6.10 Å². The maximum absolute atomic E-state index is 5.41. The van der Waals surface area contributed by atoms with Gasteiger partial charge in [-0.25, -0.2) is 4.68 Å². The van der Waals surface area contributed by atoms with Crippen molar-refractivity contribution in [2.75, 3.05) is 20.2 Å². The molecule has 1 fully saturated rings. The van der Waals surface area contributed by atoms with Gasteiger partial charge in [0.25, 0.3) is 0 Å². The monoisotopic (exact) mass is 271 g/mol. The second kappa shape index (κ2) is 6.20. The van der Waals surface area contributed by atoms with E-state index in [4.69, 9.17) is 4.74 Å². The molecule has 4 heteroatoms. The van der Waals surface area contributed by atoms with Crippen molar-refractivity contribution in [2.24, 2.45) is 0 Å². The van der Waals surface area contributed by atoms with Gasteiger partial charge in [-0.05, 0) is 25.0 Å². The zero-order chi connectivity index (χ0) is 13.8. The molecule has 0 saturated carbocycles. The van der Waals surface area contributed by atoms with E-state index in [-0.39, 0.29) is 0 Å². The first-order chi connectivity index (χ1) is 9.85. The third kappa shape index (κ3) is 3.08. The number of piperidine rings is 1. The summed E-state index contributed by atoms with van der Waals surface area (Å²) in [5.41, 5.74) is 2.38.